The van der Waals surface area contributed by atoms with Crippen molar-refractivity contribution in [3.8, 4) is 11.3 Å². The van der Waals surface area contributed by atoms with Crippen LogP contribution in [0.3, 0.4) is 0 Å². The molecule has 0 atom stereocenters. The molecule has 0 spiro atoms. The van der Waals surface area contributed by atoms with Crippen molar-refractivity contribution in [2.24, 2.45) is 4.99 Å². The fraction of sp³-hybridized carbons (Fsp3) is 0.0500. The molecule has 4 aromatic rings. The van der Waals surface area contributed by atoms with Crippen LogP contribution in [-0.4, -0.2) is 9.49 Å². The summed E-state index contributed by atoms with van der Waals surface area (Å²) in [6, 6.07) is 15.3. The maximum Gasteiger partial charge on any atom is 0.294 e. The van der Waals surface area contributed by atoms with Gasteiger partial charge in [0.25, 0.3) is 5.69 Å². The molecule has 0 aliphatic carbocycles. The molecule has 0 amide bonds. The van der Waals surface area contributed by atoms with E-state index in [0.29, 0.717) is 21.4 Å². The van der Waals surface area contributed by atoms with Crippen molar-refractivity contribution < 1.29 is 9.34 Å². The Morgan fingerprint density at radius 2 is 1.97 bits per heavy atom. The topological polar surface area (TPSA) is 73.6 Å². The summed E-state index contributed by atoms with van der Waals surface area (Å²) in [6.07, 6.45) is 1.59. The number of nitro benzene ring substituents is 1. The number of thiazole rings is 1. The fourth-order valence-electron chi connectivity index (χ4n) is 2.86. The van der Waals surface area contributed by atoms with E-state index in [-0.39, 0.29) is 11.4 Å². The van der Waals surface area contributed by atoms with Gasteiger partial charge in [-0.1, -0.05) is 35.3 Å². The first kappa shape index (κ1) is 19.4. The van der Waals surface area contributed by atoms with E-state index in [0.717, 1.165) is 17.0 Å². The summed E-state index contributed by atoms with van der Waals surface area (Å²) in [5.41, 5.74) is 1.81. The smallest absolute Gasteiger partial charge is 0.294 e. The van der Waals surface area contributed by atoms with E-state index < -0.39 is 4.92 Å². The van der Waals surface area contributed by atoms with E-state index >= 15 is 0 Å². The number of hydrogen-bond donors (Lipinski definition) is 0. The molecular weight excluding hydrogens is 433 g/mol. The quantitative estimate of drug-likeness (QED) is 0.267. The maximum atomic E-state index is 11.4. The lowest BCUT2D eigenvalue weighted by molar-refractivity contribution is -0.384. The monoisotopic (exact) mass is 445 g/mol. The third kappa shape index (κ3) is 4.12. The third-order valence-corrected chi connectivity index (χ3v) is 5.60. The summed E-state index contributed by atoms with van der Waals surface area (Å²) in [4.78, 5) is 16.1. The van der Waals surface area contributed by atoms with Gasteiger partial charge >= 0.3 is 0 Å². The third-order valence-electron chi connectivity index (χ3n) is 4.19. The molecule has 2 aromatic carbocycles. The SMILES string of the molecule is O=[N+]([O-])c1ccccc1N=c1scc(-c2ccc(Cl)cc2Cl)n1Cc1ccco1. The van der Waals surface area contributed by atoms with Gasteiger partial charge in [0.15, 0.2) is 4.80 Å². The van der Waals surface area contributed by atoms with Crippen molar-refractivity contribution in [1.29, 1.82) is 0 Å². The number of benzene rings is 2. The summed E-state index contributed by atoms with van der Waals surface area (Å²) in [5.74, 6) is 0.721. The Bertz CT molecular complexity index is 1250. The Balaban J connectivity index is 1.91. The molecule has 6 nitrogen and oxygen atoms in total. The van der Waals surface area contributed by atoms with E-state index in [1.165, 1.54) is 17.4 Å². The van der Waals surface area contributed by atoms with Crippen molar-refractivity contribution in [2.45, 2.75) is 6.54 Å². The molecule has 0 saturated heterocycles. The van der Waals surface area contributed by atoms with Gasteiger partial charge in [-0.15, -0.1) is 11.3 Å². The van der Waals surface area contributed by atoms with Gasteiger partial charge in [-0.2, -0.15) is 0 Å². The van der Waals surface area contributed by atoms with Crippen LogP contribution in [0.1, 0.15) is 5.76 Å². The lowest BCUT2D eigenvalue weighted by Gasteiger charge is -2.09. The number of nitrogens with zero attached hydrogens (tertiary/aromatic N) is 3. The van der Waals surface area contributed by atoms with Gasteiger partial charge in [-0.3, -0.25) is 10.1 Å². The second-order valence-electron chi connectivity index (χ2n) is 6.05. The Morgan fingerprint density at radius 1 is 1.14 bits per heavy atom. The molecule has 0 aliphatic rings. The zero-order valence-electron chi connectivity index (χ0n) is 14.8. The van der Waals surface area contributed by atoms with Gasteiger partial charge < -0.3 is 8.98 Å². The minimum absolute atomic E-state index is 0.0588. The summed E-state index contributed by atoms with van der Waals surface area (Å²) >= 11 is 13.8. The lowest BCUT2D eigenvalue weighted by atomic mass is 10.1. The number of para-hydroxylation sites is 2. The summed E-state index contributed by atoms with van der Waals surface area (Å²) in [6.45, 7) is 0.393. The van der Waals surface area contributed by atoms with Crippen molar-refractivity contribution in [3.05, 3.63) is 97.0 Å². The minimum Gasteiger partial charge on any atom is -0.467 e. The first-order chi connectivity index (χ1) is 14.0. The number of halogens is 2. The number of hydrogen-bond acceptors (Lipinski definition) is 5. The van der Waals surface area contributed by atoms with Crippen molar-refractivity contribution in [1.82, 2.24) is 4.57 Å². The van der Waals surface area contributed by atoms with Crippen LogP contribution < -0.4 is 4.80 Å². The van der Waals surface area contributed by atoms with Crippen LogP contribution in [0.2, 0.25) is 10.0 Å². The molecule has 0 saturated carbocycles. The highest BCUT2D eigenvalue weighted by Crippen LogP contribution is 2.32. The number of furan rings is 1. The highest BCUT2D eigenvalue weighted by atomic mass is 35.5. The molecule has 146 valence electrons. The molecular formula is C20H13Cl2N3O3S. The molecule has 29 heavy (non-hydrogen) atoms. The van der Waals surface area contributed by atoms with E-state index in [2.05, 4.69) is 4.99 Å². The van der Waals surface area contributed by atoms with Crippen LogP contribution in [0, 0.1) is 10.1 Å². The van der Waals surface area contributed by atoms with Gasteiger partial charge in [-0.25, -0.2) is 4.99 Å². The zero-order valence-corrected chi connectivity index (χ0v) is 17.1. The highest BCUT2D eigenvalue weighted by Gasteiger charge is 2.16. The average Bonchev–Trinajstić information content (AvgIpc) is 3.34. The van der Waals surface area contributed by atoms with Crippen molar-refractivity contribution in [3.63, 3.8) is 0 Å². The molecule has 0 bridgehead atoms. The highest BCUT2D eigenvalue weighted by molar-refractivity contribution is 7.07. The summed E-state index contributed by atoms with van der Waals surface area (Å²) < 4.78 is 7.41. The minimum atomic E-state index is -0.444. The first-order valence-electron chi connectivity index (χ1n) is 8.47. The molecule has 4 rings (SSSR count). The molecule has 0 aliphatic heterocycles. The molecule has 0 unspecified atom stereocenters. The van der Waals surface area contributed by atoms with E-state index in [1.807, 2.05) is 22.1 Å². The van der Waals surface area contributed by atoms with Crippen LogP contribution >= 0.6 is 34.5 Å². The van der Waals surface area contributed by atoms with Gasteiger partial charge in [-0.05, 0) is 36.4 Å². The van der Waals surface area contributed by atoms with E-state index in [4.69, 9.17) is 27.6 Å². The Labute approximate surface area is 179 Å². The van der Waals surface area contributed by atoms with Crippen molar-refractivity contribution >= 4 is 45.9 Å². The predicted molar refractivity (Wildman–Crippen MR) is 114 cm³/mol. The van der Waals surface area contributed by atoms with Crippen LogP contribution in [0.4, 0.5) is 11.4 Å². The van der Waals surface area contributed by atoms with E-state index in [9.17, 15) is 10.1 Å². The fourth-order valence-corrected chi connectivity index (χ4v) is 4.28. The number of aromatic nitrogens is 1. The summed E-state index contributed by atoms with van der Waals surface area (Å²) in [7, 11) is 0. The molecule has 2 aromatic heterocycles. The van der Waals surface area contributed by atoms with Gasteiger partial charge in [0.1, 0.15) is 11.4 Å². The maximum absolute atomic E-state index is 11.4. The molecule has 9 heteroatoms. The molecule has 0 N–H and O–H groups in total. The average molecular weight is 446 g/mol. The Morgan fingerprint density at radius 3 is 2.69 bits per heavy atom. The Hall–Kier alpha value is -2.87. The largest absolute Gasteiger partial charge is 0.467 e. The van der Waals surface area contributed by atoms with Crippen LogP contribution in [0.15, 0.2) is 75.7 Å². The van der Waals surface area contributed by atoms with Crippen LogP contribution in [-0.2, 0) is 6.54 Å². The lowest BCUT2D eigenvalue weighted by Crippen LogP contribution is -2.16. The summed E-state index contributed by atoms with van der Waals surface area (Å²) in [5, 5.41) is 14.3. The van der Waals surface area contributed by atoms with Crippen LogP contribution in [0.5, 0.6) is 0 Å². The van der Waals surface area contributed by atoms with Crippen LogP contribution in [0.25, 0.3) is 11.3 Å². The Kier molecular flexibility index (Phi) is 5.53. The standard InChI is InChI=1S/C20H13Cl2N3O3S/c21-13-7-8-15(16(22)10-13)19-12-29-20(24(19)11-14-4-3-9-28-14)23-17-5-1-2-6-18(17)25(26)27/h1-10,12H,11H2. The van der Waals surface area contributed by atoms with Gasteiger partial charge in [0.2, 0.25) is 0 Å². The molecule has 0 fully saturated rings. The number of nitro groups is 1. The predicted octanol–water partition coefficient (Wildman–Crippen LogP) is 6.31. The van der Waals surface area contributed by atoms with Gasteiger partial charge in [0, 0.05) is 22.0 Å². The molecule has 2 heterocycles. The van der Waals surface area contributed by atoms with Crippen molar-refractivity contribution in [2.75, 3.05) is 0 Å². The second kappa shape index (κ2) is 8.24. The molecule has 0 radical (unpaired) electrons. The van der Waals surface area contributed by atoms with E-state index in [1.54, 1.807) is 42.7 Å². The van der Waals surface area contributed by atoms with Gasteiger partial charge in [0.05, 0.1) is 28.4 Å². The first-order valence-corrected chi connectivity index (χ1v) is 10.1. The zero-order chi connectivity index (χ0) is 20.4. The second-order valence-corrected chi connectivity index (χ2v) is 7.73. The normalized spacial score (nSPS) is 11.7. The number of rotatable bonds is 5.